The molecule has 1 saturated carbocycles. The van der Waals surface area contributed by atoms with Gasteiger partial charge in [0.25, 0.3) is 0 Å². The average Bonchev–Trinajstić information content (AvgIpc) is 3.27. The lowest BCUT2D eigenvalue weighted by Crippen LogP contribution is -2.50. The molecule has 1 aromatic heterocycles. The van der Waals surface area contributed by atoms with E-state index in [1.807, 2.05) is 20.0 Å². The Bertz CT molecular complexity index is 766. The molecule has 3 rings (SSSR count). The summed E-state index contributed by atoms with van der Waals surface area (Å²) in [5, 5.41) is 21.2. The number of ether oxygens (including phenoxy) is 1. The van der Waals surface area contributed by atoms with Crippen LogP contribution in [0.5, 0.6) is 0 Å². The molecular formula is C23H40N6O4. The van der Waals surface area contributed by atoms with E-state index in [-0.39, 0.29) is 49.3 Å². The van der Waals surface area contributed by atoms with Crippen LogP contribution in [0.4, 0.5) is 4.79 Å². The average molecular weight is 465 g/mol. The van der Waals surface area contributed by atoms with E-state index in [4.69, 9.17) is 4.74 Å². The minimum atomic E-state index is -0.306. The van der Waals surface area contributed by atoms with E-state index in [2.05, 4.69) is 15.6 Å². The molecule has 3 atom stereocenters. The number of rotatable bonds is 5. The van der Waals surface area contributed by atoms with Gasteiger partial charge in [0.1, 0.15) is 5.69 Å². The highest BCUT2D eigenvalue weighted by Crippen LogP contribution is 2.19. The van der Waals surface area contributed by atoms with Crippen molar-refractivity contribution in [3.8, 4) is 0 Å². The lowest BCUT2D eigenvalue weighted by molar-refractivity contribution is -0.136. The van der Waals surface area contributed by atoms with Crippen LogP contribution in [0, 0.1) is 5.92 Å². The van der Waals surface area contributed by atoms with E-state index in [1.54, 1.807) is 21.5 Å². The molecule has 10 nitrogen and oxygen atoms in total. The van der Waals surface area contributed by atoms with Crippen LogP contribution in [0.3, 0.4) is 0 Å². The van der Waals surface area contributed by atoms with E-state index in [9.17, 15) is 14.7 Å². The van der Waals surface area contributed by atoms with Crippen LogP contribution in [-0.4, -0.2) is 86.8 Å². The molecule has 186 valence electrons. The van der Waals surface area contributed by atoms with Gasteiger partial charge >= 0.3 is 6.03 Å². The van der Waals surface area contributed by atoms with Gasteiger partial charge in [0, 0.05) is 45.1 Å². The molecule has 0 spiro atoms. The van der Waals surface area contributed by atoms with E-state index >= 15 is 0 Å². The highest BCUT2D eigenvalue weighted by atomic mass is 16.5. The number of aliphatic hydroxyl groups is 1. The number of carbonyl (C=O) groups excluding carboxylic acids is 2. The first-order chi connectivity index (χ1) is 15.9. The predicted octanol–water partition coefficient (Wildman–Crippen LogP) is 1.78. The molecule has 2 bridgehead atoms. The van der Waals surface area contributed by atoms with Crippen molar-refractivity contribution in [2.45, 2.75) is 90.1 Å². The quantitative estimate of drug-likeness (QED) is 0.687. The Balaban J connectivity index is 1.71. The highest BCUT2D eigenvalue weighted by Gasteiger charge is 2.29. The van der Waals surface area contributed by atoms with Crippen LogP contribution in [0.25, 0.3) is 0 Å². The number of hydrogen-bond acceptors (Lipinski definition) is 6. The van der Waals surface area contributed by atoms with E-state index < -0.39 is 0 Å². The summed E-state index contributed by atoms with van der Waals surface area (Å²) in [5.74, 6) is -0.0474. The number of aliphatic hydroxyl groups excluding tert-OH is 1. The van der Waals surface area contributed by atoms with Crippen LogP contribution in [0.2, 0.25) is 0 Å². The standard InChI is InChI=1S/C23H40N6O4/c1-17-12-29(18(2)15-30)22(31)10-7-11-28-13-20(25-26-28)16-33-21(17)14-27(3)23(32)24-19-8-5-4-6-9-19/h13,17-19,21,30H,4-12,14-16H2,1-3H3,(H,24,32)/t17-,18-,21+/m0/s1. The zero-order valence-corrected chi connectivity index (χ0v) is 20.3. The predicted molar refractivity (Wildman–Crippen MR) is 123 cm³/mol. The highest BCUT2D eigenvalue weighted by molar-refractivity contribution is 5.76. The molecule has 2 N–H and O–H groups in total. The summed E-state index contributed by atoms with van der Waals surface area (Å²) >= 11 is 0. The Kier molecular flexibility index (Phi) is 9.49. The molecule has 0 saturated heterocycles. The van der Waals surface area contributed by atoms with Crippen LogP contribution >= 0.6 is 0 Å². The van der Waals surface area contributed by atoms with Gasteiger partial charge in [-0.15, -0.1) is 5.10 Å². The first-order valence-corrected chi connectivity index (χ1v) is 12.3. The van der Waals surface area contributed by atoms with E-state index in [1.165, 1.54) is 6.42 Å². The molecule has 2 heterocycles. The fourth-order valence-corrected chi connectivity index (χ4v) is 4.58. The van der Waals surface area contributed by atoms with Gasteiger partial charge in [0.2, 0.25) is 5.91 Å². The van der Waals surface area contributed by atoms with Crippen molar-refractivity contribution in [3.63, 3.8) is 0 Å². The van der Waals surface area contributed by atoms with Gasteiger partial charge in [-0.25, -0.2) is 4.79 Å². The zero-order chi connectivity index (χ0) is 23.8. The largest absolute Gasteiger partial charge is 0.394 e. The molecule has 3 amide bonds. The summed E-state index contributed by atoms with van der Waals surface area (Å²) in [7, 11) is 1.78. The number of nitrogens with one attached hydrogen (secondary N) is 1. The Hall–Kier alpha value is -2.20. The van der Waals surface area contributed by atoms with Gasteiger partial charge in [0.15, 0.2) is 0 Å². The summed E-state index contributed by atoms with van der Waals surface area (Å²) in [6.07, 6.45) is 8.18. The maximum Gasteiger partial charge on any atom is 0.317 e. The van der Waals surface area contributed by atoms with Gasteiger partial charge in [0.05, 0.1) is 31.6 Å². The van der Waals surface area contributed by atoms with Crippen LogP contribution in [0.1, 0.15) is 64.5 Å². The monoisotopic (exact) mass is 464 g/mol. The Morgan fingerprint density at radius 1 is 1.33 bits per heavy atom. The molecule has 10 heteroatoms. The number of fused-ring (bicyclic) bond motifs is 2. The van der Waals surface area contributed by atoms with Crippen molar-refractivity contribution in [3.05, 3.63) is 11.9 Å². The van der Waals surface area contributed by atoms with Crippen LogP contribution in [0.15, 0.2) is 6.20 Å². The van der Waals surface area contributed by atoms with Crippen LogP contribution < -0.4 is 5.32 Å². The van der Waals surface area contributed by atoms with Crippen molar-refractivity contribution in [1.29, 1.82) is 0 Å². The van der Waals surface area contributed by atoms with E-state index in [0.29, 0.717) is 32.5 Å². The second kappa shape index (κ2) is 12.3. The minimum Gasteiger partial charge on any atom is -0.394 e. The Morgan fingerprint density at radius 3 is 2.82 bits per heavy atom. The molecule has 0 aromatic carbocycles. The molecule has 1 aliphatic heterocycles. The number of carbonyl (C=O) groups is 2. The third-order valence-corrected chi connectivity index (χ3v) is 6.78. The normalized spacial score (nSPS) is 24.4. The number of aromatic nitrogens is 3. The summed E-state index contributed by atoms with van der Waals surface area (Å²) in [5.41, 5.74) is 0.729. The number of nitrogens with zero attached hydrogens (tertiary/aromatic N) is 5. The number of likely N-dealkylation sites (N-methyl/N-ethyl adjacent to an activating group) is 1. The van der Waals surface area contributed by atoms with Gasteiger partial charge in [-0.05, 0) is 26.2 Å². The summed E-state index contributed by atoms with van der Waals surface area (Å²) in [6, 6.07) is -0.140. The lowest BCUT2D eigenvalue weighted by Gasteiger charge is -2.35. The topological polar surface area (TPSA) is 113 Å². The maximum absolute atomic E-state index is 12.9. The SMILES string of the molecule is C[C@H]1CN([C@@H](C)CO)C(=O)CCCn2cc(nn2)CO[C@@H]1CN(C)C(=O)NC1CCCCC1. The van der Waals surface area contributed by atoms with Gasteiger partial charge < -0.3 is 25.0 Å². The smallest absolute Gasteiger partial charge is 0.317 e. The minimum absolute atomic E-state index is 0.00475. The third kappa shape index (κ3) is 7.40. The molecule has 1 aromatic rings. The Labute approximate surface area is 196 Å². The molecule has 0 radical (unpaired) electrons. The molecule has 33 heavy (non-hydrogen) atoms. The number of amides is 3. The first kappa shape index (κ1) is 25.4. The summed E-state index contributed by atoms with van der Waals surface area (Å²) in [6.45, 7) is 5.51. The molecule has 2 aliphatic rings. The summed E-state index contributed by atoms with van der Waals surface area (Å²) in [4.78, 5) is 29.2. The van der Waals surface area contributed by atoms with Crippen molar-refractivity contribution in [1.82, 2.24) is 30.1 Å². The van der Waals surface area contributed by atoms with Gasteiger partial charge in [-0.1, -0.05) is 31.4 Å². The van der Waals surface area contributed by atoms with Crippen molar-refractivity contribution in [2.75, 3.05) is 26.7 Å². The van der Waals surface area contributed by atoms with E-state index in [0.717, 1.165) is 31.4 Å². The second-order valence-corrected chi connectivity index (χ2v) is 9.65. The third-order valence-electron chi connectivity index (χ3n) is 6.78. The zero-order valence-electron chi connectivity index (χ0n) is 20.3. The van der Waals surface area contributed by atoms with Crippen molar-refractivity contribution in [2.24, 2.45) is 5.92 Å². The number of hydrogen-bond donors (Lipinski definition) is 2. The van der Waals surface area contributed by atoms with Crippen molar-refractivity contribution < 1.29 is 19.4 Å². The van der Waals surface area contributed by atoms with Gasteiger partial charge in [-0.3, -0.25) is 9.48 Å². The van der Waals surface area contributed by atoms with Crippen molar-refractivity contribution >= 4 is 11.9 Å². The van der Waals surface area contributed by atoms with Crippen LogP contribution in [-0.2, 0) is 22.7 Å². The molecule has 1 aliphatic carbocycles. The summed E-state index contributed by atoms with van der Waals surface area (Å²) < 4.78 is 7.96. The second-order valence-electron chi connectivity index (χ2n) is 9.65. The Morgan fingerprint density at radius 2 is 2.09 bits per heavy atom. The maximum atomic E-state index is 12.9. The van der Waals surface area contributed by atoms with Gasteiger partial charge in [-0.2, -0.15) is 0 Å². The number of aryl methyl sites for hydroxylation is 1. The molecule has 1 fully saturated rings. The molecule has 0 unspecified atom stereocenters. The fourth-order valence-electron chi connectivity index (χ4n) is 4.58. The lowest BCUT2D eigenvalue weighted by atomic mass is 9.96. The molecular weight excluding hydrogens is 424 g/mol. The fraction of sp³-hybridized carbons (Fsp3) is 0.826. The number of urea groups is 1. The first-order valence-electron chi connectivity index (χ1n) is 12.3.